The van der Waals surface area contributed by atoms with Gasteiger partial charge in [0.15, 0.2) is 0 Å². The van der Waals surface area contributed by atoms with E-state index >= 15 is 0 Å². The number of aliphatic hydroxyl groups is 3. The van der Waals surface area contributed by atoms with Crippen LogP contribution in [-0.2, 0) is 11.8 Å². The molecule has 1 aromatic rings. The molecule has 0 aliphatic heterocycles. The zero-order valence-electron chi connectivity index (χ0n) is 24.5. The molecular formula is C34H49NO3S. The molecule has 6 atom stereocenters. The summed E-state index contributed by atoms with van der Waals surface area (Å²) in [4.78, 5) is 6.06. The maximum absolute atomic E-state index is 11.4. The number of rotatable bonds is 8. The second-order valence-corrected chi connectivity index (χ2v) is 14.9. The Hall–Kier alpha value is -1.53. The lowest BCUT2D eigenvalue weighted by atomic mass is 9.57. The van der Waals surface area contributed by atoms with Gasteiger partial charge in [-0.25, -0.2) is 4.98 Å². The standard InChI is InChI=1S/C34H49NO3S/c1-6-8-26-21-35-31(39-26)34(17-18-34)30(38)14-16-32(3,4)29-13-12-27-23(9-7-15-33(27,29)5)10-11-24-19-25(36)20-28(37)22(24)2/h10-11,14,16,21,25,27-30,36-38H,2,6-9,12-13,15,17-20H2,1,3-5H3/b16-14+,23-10+,24-11-/t25-,27+,28+,29-,30-,33+/m1/s1. The highest BCUT2D eigenvalue weighted by molar-refractivity contribution is 7.11. The summed E-state index contributed by atoms with van der Waals surface area (Å²) in [6, 6.07) is 0. The van der Waals surface area contributed by atoms with Crippen LogP contribution in [0.25, 0.3) is 0 Å². The lowest BCUT2D eigenvalue weighted by Gasteiger charge is -2.47. The highest BCUT2D eigenvalue weighted by atomic mass is 32.1. The Balaban J connectivity index is 1.31. The summed E-state index contributed by atoms with van der Waals surface area (Å²) in [7, 11) is 0. The Bertz CT molecular complexity index is 1150. The van der Waals surface area contributed by atoms with Gasteiger partial charge in [-0.05, 0) is 91.6 Å². The first-order valence-corrected chi connectivity index (χ1v) is 16.1. The van der Waals surface area contributed by atoms with Crippen LogP contribution in [-0.4, -0.2) is 38.6 Å². The van der Waals surface area contributed by atoms with Crippen LogP contribution in [0.4, 0.5) is 0 Å². The molecule has 0 spiro atoms. The molecule has 0 saturated heterocycles. The third kappa shape index (κ3) is 5.54. The number of aryl methyl sites for hydroxylation is 1. The average Bonchev–Trinajstić information content (AvgIpc) is 3.41. The van der Waals surface area contributed by atoms with Crippen molar-refractivity contribution >= 4 is 11.3 Å². The number of nitrogens with zero attached hydrogens (tertiary/aromatic N) is 1. The Morgan fingerprint density at radius 3 is 2.69 bits per heavy atom. The molecule has 0 radical (unpaired) electrons. The van der Waals surface area contributed by atoms with Gasteiger partial charge in [0.1, 0.15) is 5.01 Å². The number of aromatic nitrogens is 1. The molecule has 0 bridgehead atoms. The molecular weight excluding hydrogens is 502 g/mol. The Labute approximate surface area is 239 Å². The van der Waals surface area contributed by atoms with Gasteiger partial charge in [-0.2, -0.15) is 0 Å². The van der Waals surface area contributed by atoms with E-state index in [0.29, 0.717) is 24.7 Å². The number of allylic oxidation sites excluding steroid dienone is 4. The first-order valence-electron chi connectivity index (χ1n) is 15.3. The first kappa shape index (κ1) is 29.0. The van der Waals surface area contributed by atoms with Gasteiger partial charge in [-0.3, -0.25) is 0 Å². The van der Waals surface area contributed by atoms with Gasteiger partial charge in [0, 0.05) is 17.5 Å². The molecule has 1 aromatic heterocycles. The minimum atomic E-state index is -0.641. The summed E-state index contributed by atoms with van der Waals surface area (Å²) in [5.41, 5.74) is 3.31. The molecule has 1 heterocycles. The van der Waals surface area contributed by atoms with E-state index in [2.05, 4.69) is 58.6 Å². The third-order valence-electron chi connectivity index (χ3n) is 10.7. The molecule has 4 nitrogen and oxygen atoms in total. The van der Waals surface area contributed by atoms with Crippen molar-refractivity contribution in [1.29, 1.82) is 0 Å². The molecule has 5 heteroatoms. The molecule has 0 unspecified atom stereocenters. The van der Waals surface area contributed by atoms with E-state index in [-0.39, 0.29) is 16.2 Å². The van der Waals surface area contributed by atoms with E-state index in [1.54, 1.807) is 11.3 Å². The van der Waals surface area contributed by atoms with Crippen molar-refractivity contribution in [3.05, 3.63) is 63.7 Å². The number of hydrogen-bond donors (Lipinski definition) is 3. The smallest absolute Gasteiger partial charge is 0.102 e. The molecule has 3 N–H and O–H groups in total. The van der Waals surface area contributed by atoms with Crippen LogP contribution in [0.3, 0.4) is 0 Å². The van der Waals surface area contributed by atoms with Crippen LogP contribution in [0.1, 0.15) is 102 Å². The summed E-state index contributed by atoms with van der Waals surface area (Å²) < 4.78 is 0. The second-order valence-electron chi connectivity index (χ2n) is 13.8. The van der Waals surface area contributed by atoms with E-state index < -0.39 is 18.3 Å². The van der Waals surface area contributed by atoms with E-state index in [1.165, 1.54) is 36.1 Å². The van der Waals surface area contributed by atoms with Gasteiger partial charge in [0.2, 0.25) is 0 Å². The van der Waals surface area contributed by atoms with Crippen LogP contribution < -0.4 is 0 Å². The molecule has 4 saturated carbocycles. The Morgan fingerprint density at radius 2 is 1.97 bits per heavy atom. The molecule has 4 aliphatic rings. The molecule has 39 heavy (non-hydrogen) atoms. The summed E-state index contributed by atoms with van der Waals surface area (Å²) in [6.07, 6.45) is 20.4. The molecule has 5 rings (SSSR count). The highest BCUT2D eigenvalue weighted by Crippen LogP contribution is 2.62. The zero-order valence-corrected chi connectivity index (χ0v) is 25.3. The van der Waals surface area contributed by atoms with E-state index in [0.717, 1.165) is 48.3 Å². The SMILES string of the molecule is C=C1/C(=C\C=C2/CCC[C@]3(C)[C@@H](C(C)(C)/C=C/[C@@H](O)C4(c5ncc(CCC)s5)CC4)CC[C@@H]23)C[C@@H](O)C[C@@H]1O. The normalized spacial score (nSPS) is 35.6. The quantitative estimate of drug-likeness (QED) is 0.299. The average molecular weight is 552 g/mol. The van der Waals surface area contributed by atoms with Crippen molar-refractivity contribution in [2.24, 2.45) is 22.7 Å². The van der Waals surface area contributed by atoms with Gasteiger partial charge >= 0.3 is 0 Å². The van der Waals surface area contributed by atoms with Crippen molar-refractivity contribution in [3.63, 3.8) is 0 Å². The zero-order chi connectivity index (χ0) is 28.0. The summed E-state index contributed by atoms with van der Waals surface area (Å²) in [5, 5.41) is 32.9. The monoisotopic (exact) mass is 551 g/mol. The Morgan fingerprint density at radius 1 is 1.21 bits per heavy atom. The minimum Gasteiger partial charge on any atom is -0.393 e. The van der Waals surface area contributed by atoms with Gasteiger partial charge in [-0.15, -0.1) is 11.3 Å². The van der Waals surface area contributed by atoms with E-state index in [4.69, 9.17) is 4.98 Å². The number of hydrogen-bond acceptors (Lipinski definition) is 5. The third-order valence-corrected chi connectivity index (χ3v) is 11.9. The highest BCUT2D eigenvalue weighted by Gasteiger charge is 2.54. The summed E-state index contributed by atoms with van der Waals surface area (Å²) in [6.45, 7) is 13.5. The van der Waals surface area contributed by atoms with E-state index in [1.807, 2.05) is 6.20 Å². The van der Waals surface area contributed by atoms with Crippen LogP contribution >= 0.6 is 11.3 Å². The number of fused-ring (bicyclic) bond motifs is 1. The second kappa shape index (κ2) is 11.0. The van der Waals surface area contributed by atoms with Gasteiger partial charge in [0.05, 0.1) is 23.7 Å². The Kier molecular flexibility index (Phi) is 8.20. The summed E-state index contributed by atoms with van der Waals surface area (Å²) >= 11 is 1.79. The summed E-state index contributed by atoms with van der Waals surface area (Å²) in [5.74, 6) is 1.11. The van der Waals surface area contributed by atoms with Crippen LogP contribution in [0.2, 0.25) is 0 Å². The largest absolute Gasteiger partial charge is 0.393 e. The van der Waals surface area contributed by atoms with Gasteiger partial charge < -0.3 is 15.3 Å². The van der Waals surface area contributed by atoms with Crippen molar-refractivity contribution in [2.45, 2.75) is 122 Å². The topological polar surface area (TPSA) is 73.6 Å². The van der Waals surface area contributed by atoms with Gasteiger partial charge in [0.25, 0.3) is 0 Å². The predicted octanol–water partition coefficient (Wildman–Crippen LogP) is 7.21. The minimum absolute atomic E-state index is 0.0103. The van der Waals surface area contributed by atoms with Crippen molar-refractivity contribution in [3.8, 4) is 0 Å². The molecule has 4 fully saturated rings. The van der Waals surface area contributed by atoms with Crippen LogP contribution in [0.5, 0.6) is 0 Å². The number of aliphatic hydroxyl groups excluding tert-OH is 3. The molecule has 0 aromatic carbocycles. The van der Waals surface area contributed by atoms with Crippen molar-refractivity contribution in [1.82, 2.24) is 4.98 Å². The molecule has 4 aliphatic carbocycles. The fourth-order valence-electron chi connectivity index (χ4n) is 8.24. The number of thiazole rings is 1. The fraction of sp³-hybridized carbons (Fsp3) is 0.676. The van der Waals surface area contributed by atoms with Crippen molar-refractivity contribution in [2.75, 3.05) is 0 Å². The van der Waals surface area contributed by atoms with Crippen LogP contribution in [0.15, 0.2) is 53.8 Å². The first-order chi connectivity index (χ1) is 18.5. The molecule has 214 valence electrons. The lowest BCUT2D eigenvalue weighted by Crippen LogP contribution is -2.39. The van der Waals surface area contributed by atoms with Crippen LogP contribution in [0, 0.1) is 22.7 Å². The molecule has 0 amide bonds. The lowest BCUT2D eigenvalue weighted by molar-refractivity contribution is 0.0706. The fourth-order valence-corrected chi connectivity index (χ4v) is 9.53. The maximum Gasteiger partial charge on any atom is 0.102 e. The van der Waals surface area contributed by atoms with E-state index in [9.17, 15) is 15.3 Å². The predicted molar refractivity (Wildman–Crippen MR) is 161 cm³/mol. The maximum atomic E-state index is 11.4. The van der Waals surface area contributed by atoms with Crippen molar-refractivity contribution < 1.29 is 15.3 Å². The van der Waals surface area contributed by atoms with Gasteiger partial charge in [-0.1, -0.05) is 70.6 Å².